The smallest absolute Gasteiger partial charge is 0.294 e. The van der Waals surface area contributed by atoms with Crippen LogP contribution >= 0.6 is 0 Å². The van der Waals surface area contributed by atoms with E-state index in [0.29, 0.717) is 22.4 Å². The molecule has 1 aliphatic rings. The van der Waals surface area contributed by atoms with Crippen LogP contribution in [0.3, 0.4) is 0 Å². The van der Waals surface area contributed by atoms with Crippen LogP contribution in [0.1, 0.15) is 0 Å². The highest BCUT2D eigenvalue weighted by Gasteiger charge is 2.20. The average molecular weight is 206 g/mol. The standard InChI is InChI=1S/C9H6N2O4/c12-11(13)7-3-10-6-2-9-8(1-5(6)7)14-4-15-9/h1-3,10H,4H2. The summed E-state index contributed by atoms with van der Waals surface area (Å²) in [5.74, 6) is 1.16. The van der Waals surface area contributed by atoms with Crippen molar-refractivity contribution in [1.29, 1.82) is 0 Å². The lowest BCUT2D eigenvalue weighted by Crippen LogP contribution is -1.92. The highest BCUT2D eigenvalue weighted by molar-refractivity contribution is 5.91. The second-order valence-electron chi connectivity index (χ2n) is 3.18. The van der Waals surface area contributed by atoms with Gasteiger partial charge in [-0.3, -0.25) is 10.1 Å². The maximum absolute atomic E-state index is 10.7. The van der Waals surface area contributed by atoms with Crippen LogP contribution in [-0.2, 0) is 0 Å². The molecule has 1 aliphatic heterocycles. The zero-order valence-electron chi connectivity index (χ0n) is 7.52. The van der Waals surface area contributed by atoms with Gasteiger partial charge in [0.2, 0.25) is 6.79 Å². The molecular formula is C9H6N2O4. The topological polar surface area (TPSA) is 77.4 Å². The number of fused-ring (bicyclic) bond motifs is 2. The lowest BCUT2D eigenvalue weighted by Gasteiger charge is -1.95. The zero-order chi connectivity index (χ0) is 10.4. The minimum absolute atomic E-state index is 0.0447. The number of ether oxygens (including phenoxy) is 2. The Morgan fingerprint density at radius 1 is 1.33 bits per heavy atom. The number of rotatable bonds is 1. The van der Waals surface area contributed by atoms with Crippen LogP contribution in [0.15, 0.2) is 18.3 Å². The van der Waals surface area contributed by atoms with E-state index in [1.165, 1.54) is 6.20 Å². The number of aromatic nitrogens is 1. The summed E-state index contributed by atoms with van der Waals surface area (Å²) in [7, 11) is 0. The van der Waals surface area contributed by atoms with E-state index in [4.69, 9.17) is 9.47 Å². The summed E-state index contributed by atoms with van der Waals surface area (Å²) in [6, 6.07) is 3.32. The number of nitrogens with one attached hydrogen (secondary N) is 1. The third-order valence-corrected chi connectivity index (χ3v) is 2.35. The Kier molecular flexibility index (Phi) is 1.42. The van der Waals surface area contributed by atoms with Gasteiger partial charge in [0.05, 0.1) is 22.0 Å². The SMILES string of the molecule is O=[N+]([O-])c1c[nH]c2cc3c(cc12)OCO3. The van der Waals surface area contributed by atoms with Gasteiger partial charge in [0.25, 0.3) is 5.69 Å². The van der Waals surface area contributed by atoms with Gasteiger partial charge in [-0.2, -0.15) is 0 Å². The molecule has 0 aliphatic carbocycles. The summed E-state index contributed by atoms with van der Waals surface area (Å²) >= 11 is 0. The number of benzene rings is 1. The fourth-order valence-electron chi connectivity index (χ4n) is 1.65. The fourth-order valence-corrected chi connectivity index (χ4v) is 1.65. The van der Waals surface area contributed by atoms with Crippen molar-refractivity contribution in [3.8, 4) is 11.5 Å². The molecule has 76 valence electrons. The Labute approximate surface area is 83.6 Å². The maximum Gasteiger partial charge on any atom is 0.294 e. The Morgan fingerprint density at radius 2 is 2.07 bits per heavy atom. The van der Waals surface area contributed by atoms with Crippen molar-refractivity contribution in [1.82, 2.24) is 4.98 Å². The van der Waals surface area contributed by atoms with Gasteiger partial charge >= 0.3 is 0 Å². The molecule has 0 fully saturated rings. The minimum atomic E-state index is -0.430. The van der Waals surface area contributed by atoms with Crippen molar-refractivity contribution in [2.45, 2.75) is 0 Å². The van der Waals surface area contributed by atoms with Crippen LogP contribution in [0.25, 0.3) is 10.9 Å². The molecule has 2 aromatic rings. The maximum atomic E-state index is 10.7. The Balaban J connectivity index is 2.31. The molecular weight excluding hydrogens is 200 g/mol. The number of hydrogen-bond donors (Lipinski definition) is 1. The molecule has 15 heavy (non-hydrogen) atoms. The molecule has 0 radical (unpaired) electrons. The number of hydrogen-bond acceptors (Lipinski definition) is 4. The molecule has 0 amide bonds. The van der Waals surface area contributed by atoms with Crippen LogP contribution in [0.2, 0.25) is 0 Å². The number of nitro groups is 1. The van der Waals surface area contributed by atoms with Crippen molar-refractivity contribution in [2.24, 2.45) is 0 Å². The number of nitrogens with zero attached hydrogens (tertiary/aromatic N) is 1. The summed E-state index contributed by atoms with van der Waals surface area (Å²) in [6.07, 6.45) is 1.36. The van der Waals surface area contributed by atoms with Crippen LogP contribution in [0, 0.1) is 10.1 Å². The van der Waals surface area contributed by atoms with Gasteiger partial charge in [-0.1, -0.05) is 0 Å². The van der Waals surface area contributed by atoms with Crippen molar-refractivity contribution in [3.05, 3.63) is 28.4 Å². The monoisotopic (exact) mass is 206 g/mol. The van der Waals surface area contributed by atoms with E-state index in [0.717, 1.165) is 0 Å². The predicted octanol–water partition coefficient (Wildman–Crippen LogP) is 1.80. The van der Waals surface area contributed by atoms with Gasteiger partial charge in [-0.05, 0) is 0 Å². The lowest BCUT2D eigenvalue weighted by molar-refractivity contribution is -0.383. The molecule has 2 heterocycles. The normalized spacial score (nSPS) is 13.3. The van der Waals surface area contributed by atoms with Gasteiger partial charge in [-0.15, -0.1) is 0 Å². The van der Waals surface area contributed by atoms with Crippen LogP contribution in [-0.4, -0.2) is 16.7 Å². The van der Waals surface area contributed by atoms with Gasteiger partial charge in [0.15, 0.2) is 11.5 Å². The van der Waals surface area contributed by atoms with Crippen molar-refractivity contribution in [3.63, 3.8) is 0 Å². The van der Waals surface area contributed by atoms with E-state index < -0.39 is 4.92 Å². The first-order chi connectivity index (χ1) is 7.25. The molecule has 0 atom stereocenters. The first-order valence-corrected chi connectivity index (χ1v) is 4.31. The molecule has 1 aromatic heterocycles. The van der Waals surface area contributed by atoms with E-state index in [1.54, 1.807) is 12.1 Å². The molecule has 0 unspecified atom stereocenters. The highest BCUT2D eigenvalue weighted by Crippen LogP contribution is 2.38. The summed E-state index contributed by atoms with van der Waals surface area (Å²) < 4.78 is 10.3. The molecule has 1 N–H and O–H groups in total. The third-order valence-electron chi connectivity index (χ3n) is 2.35. The molecule has 6 heteroatoms. The predicted molar refractivity (Wildman–Crippen MR) is 51.1 cm³/mol. The fraction of sp³-hybridized carbons (Fsp3) is 0.111. The molecule has 0 spiro atoms. The largest absolute Gasteiger partial charge is 0.454 e. The molecule has 0 saturated heterocycles. The summed E-state index contributed by atoms with van der Waals surface area (Å²) in [4.78, 5) is 13.1. The van der Waals surface area contributed by atoms with E-state index in [2.05, 4.69) is 4.98 Å². The van der Waals surface area contributed by atoms with E-state index in [1.807, 2.05) is 0 Å². The summed E-state index contributed by atoms with van der Waals surface area (Å²) in [5.41, 5.74) is 0.717. The second-order valence-corrected chi connectivity index (χ2v) is 3.18. The van der Waals surface area contributed by atoms with Gasteiger partial charge in [0.1, 0.15) is 0 Å². The van der Waals surface area contributed by atoms with Gasteiger partial charge in [0, 0.05) is 12.1 Å². The summed E-state index contributed by atoms with van der Waals surface area (Å²) in [6.45, 7) is 0.162. The molecule has 0 saturated carbocycles. The van der Waals surface area contributed by atoms with E-state index in [9.17, 15) is 10.1 Å². The number of H-pyrrole nitrogens is 1. The van der Waals surface area contributed by atoms with Crippen LogP contribution in [0.4, 0.5) is 5.69 Å². The van der Waals surface area contributed by atoms with Crippen molar-refractivity contribution < 1.29 is 14.4 Å². The minimum Gasteiger partial charge on any atom is -0.454 e. The Morgan fingerprint density at radius 3 is 2.80 bits per heavy atom. The van der Waals surface area contributed by atoms with E-state index in [-0.39, 0.29) is 12.5 Å². The Hall–Kier alpha value is -2.24. The first kappa shape index (κ1) is 8.10. The number of aromatic amines is 1. The highest BCUT2D eigenvalue weighted by atomic mass is 16.7. The van der Waals surface area contributed by atoms with Crippen LogP contribution in [0.5, 0.6) is 11.5 Å². The quantitative estimate of drug-likeness (QED) is 0.570. The van der Waals surface area contributed by atoms with Gasteiger partial charge in [-0.25, -0.2) is 0 Å². The Bertz CT molecular complexity index is 560. The lowest BCUT2D eigenvalue weighted by atomic mass is 10.2. The molecule has 6 nitrogen and oxygen atoms in total. The molecule has 1 aromatic carbocycles. The van der Waals surface area contributed by atoms with Crippen molar-refractivity contribution >= 4 is 16.6 Å². The first-order valence-electron chi connectivity index (χ1n) is 4.31. The van der Waals surface area contributed by atoms with E-state index >= 15 is 0 Å². The zero-order valence-corrected chi connectivity index (χ0v) is 7.52. The van der Waals surface area contributed by atoms with Crippen molar-refractivity contribution in [2.75, 3.05) is 6.79 Å². The average Bonchev–Trinajstić information content (AvgIpc) is 2.77. The van der Waals surface area contributed by atoms with Gasteiger partial charge < -0.3 is 14.5 Å². The van der Waals surface area contributed by atoms with Crippen LogP contribution < -0.4 is 9.47 Å². The molecule has 0 bridgehead atoms. The third kappa shape index (κ3) is 1.04. The second kappa shape index (κ2) is 2.63. The molecule has 3 rings (SSSR count). The summed E-state index contributed by atoms with van der Waals surface area (Å²) in [5, 5.41) is 11.2.